The number of aliphatic hydroxyl groups excluding tert-OH is 1. The van der Waals surface area contributed by atoms with Gasteiger partial charge in [-0.3, -0.25) is 9.69 Å². The Bertz CT molecular complexity index is 1350. The number of hydrogen-bond donors (Lipinski definition) is 4. The number of amides is 1. The van der Waals surface area contributed by atoms with Gasteiger partial charge < -0.3 is 26.4 Å². The molecule has 2 heterocycles. The summed E-state index contributed by atoms with van der Waals surface area (Å²) >= 11 is 24.4. The molecule has 1 aliphatic heterocycles. The number of nitrogens with two attached hydrogens (primary N) is 1. The van der Waals surface area contributed by atoms with Gasteiger partial charge in [0.25, 0.3) is 0 Å². The van der Waals surface area contributed by atoms with E-state index in [0.717, 1.165) is 28.7 Å². The normalized spacial score (nSPS) is 16.6. The van der Waals surface area contributed by atoms with Crippen LogP contribution in [-0.4, -0.2) is 71.3 Å². The van der Waals surface area contributed by atoms with E-state index in [9.17, 15) is 9.90 Å². The average Bonchev–Trinajstić information content (AvgIpc) is 2.97. The topological polar surface area (TPSA) is 120 Å². The summed E-state index contributed by atoms with van der Waals surface area (Å²) in [4.78, 5) is 22.8. The van der Waals surface area contributed by atoms with Gasteiger partial charge in [-0.05, 0) is 50.7 Å². The van der Waals surface area contributed by atoms with Gasteiger partial charge in [-0.1, -0.05) is 65.5 Å². The van der Waals surface area contributed by atoms with Gasteiger partial charge >= 0.3 is 0 Å². The third-order valence-electron chi connectivity index (χ3n) is 7.19. The second-order valence-electron chi connectivity index (χ2n) is 10.3. The maximum Gasteiger partial charge on any atom is 0.231 e. The Balaban J connectivity index is 0.000000369. The number of rotatable bonds is 12. The molecular formula is C30H38Cl4FN7O2. The zero-order valence-corrected chi connectivity index (χ0v) is 27.7. The molecule has 2 aromatic carbocycles. The van der Waals surface area contributed by atoms with Crippen LogP contribution in [0.15, 0.2) is 42.7 Å². The molecule has 2 atom stereocenters. The van der Waals surface area contributed by atoms with Gasteiger partial charge in [-0.25, -0.2) is 9.97 Å². The van der Waals surface area contributed by atoms with Crippen LogP contribution in [0.4, 0.5) is 16.0 Å². The van der Waals surface area contributed by atoms with Crippen LogP contribution < -0.4 is 21.3 Å². The van der Waals surface area contributed by atoms with Crippen LogP contribution in [0.3, 0.4) is 0 Å². The molecule has 3 aromatic rings. The van der Waals surface area contributed by atoms with Crippen molar-refractivity contribution in [1.82, 2.24) is 20.2 Å². The number of carbonyl (C=O) groups is 1. The van der Waals surface area contributed by atoms with Gasteiger partial charge in [0.15, 0.2) is 11.6 Å². The van der Waals surface area contributed by atoms with Crippen molar-refractivity contribution in [3.8, 4) is 0 Å². The molecule has 240 valence electrons. The number of hydrogen-bond acceptors (Lipinski definition) is 8. The SMILES string of the molecule is CCN(Cc1c(Cl)cccc1Cl)c1ncnc(NC[C@H]2CCN(CC(N)=O)C[C@@H]2O)c1F.CCNCc1c(Cl)cccc1Cl. The third kappa shape index (κ3) is 10.3. The quantitative estimate of drug-likeness (QED) is 0.193. The van der Waals surface area contributed by atoms with Crippen LogP contribution in [0.2, 0.25) is 20.1 Å². The largest absolute Gasteiger partial charge is 0.391 e. The molecule has 5 N–H and O–H groups in total. The highest BCUT2D eigenvalue weighted by Gasteiger charge is 2.29. The summed E-state index contributed by atoms with van der Waals surface area (Å²) in [6.45, 7) is 7.77. The number of piperidine rings is 1. The molecule has 0 aliphatic carbocycles. The summed E-state index contributed by atoms with van der Waals surface area (Å²) in [5.41, 5.74) is 6.89. The summed E-state index contributed by atoms with van der Waals surface area (Å²) in [5, 5.41) is 19.0. The fraction of sp³-hybridized carbons (Fsp3) is 0.433. The number of nitrogens with one attached hydrogen (secondary N) is 2. The molecule has 1 amide bonds. The Hall–Kier alpha value is -2.44. The van der Waals surface area contributed by atoms with Gasteiger partial charge in [-0.2, -0.15) is 4.39 Å². The van der Waals surface area contributed by atoms with E-state index in [1.54, 1.807) is 23.1 Å². The molecule has 0 unspecified atom stereocenters. The van der Waals surface area contributed by atoms with Crippen molar-refractivity contribution in [2.24, 2.45) is 11.7 Å². The number of β-amino-alcohol motifs (C(OH)–C–C–N with tert-alkyl or cyclic N) is 1. The number of carbonyl (C=O) groups excluding carboxylic acids is 1. The van der Waals surface area contributed by atoms with Crippen LogP contribution in [0.5, 0.6) is 0 Å². The summed E-state index contributed by atoms with van der Waals surface area (Å²) in [7, 11) is 0. The molecule has 0 radical (unpaired) electrons. The zero-order valence-electron chi connectivity index (χ0n) is 24.7. The minimum atomic E-state index is -0.658. The highest BCUT2D eigenvalue weighted by molar-refractivity contribution is 6.36. The van der Waals surface area contributed by atoms with Crippen molar-refractivity contribution in [1.29, 1.82) is 0 Å². The van der Waals surface area contributed by atoms with E-state index >= 15 is 4.39 Å². The first-order valence-corrected chi connectivity index (χ1v) is 15.8. The predicted molar refractivity (Wildman–Crippen MR) is 177 cm³/mol. The van der Waals surface area contributed by atoms with Crippen LogP contribution in [0.1, 0.15) is 31.4 Å². The van der Waals surface area contributed by atoms with Gasteiger partial charge in [-0.15, -0.1) is 0 Å². The number of primary amides is 1. The molecular weight excluding hydrogens is 651 g/mol. The third-order valence-corrected chi connectivity index (χ3v) is 8.61. The lowest BCUT2D eigenvalue weighted by molar-refractivity contribution is -0.120. The lowest BCUT2D eigenvalue weighted by Gasteiger charge is -2.35. The molecule has 1 aliphatic rings. The van der Waals surface area contributed by atoms with Crippen LogP contribution in [-0.2, 0) is 17.9 Å². The maximum absolute atomic E-state index is 15.3. The standard InChI is InChI=1S/C21H27Cl2FN6O2.C9H11Cl2N/c1-2-30(9-14-15(22)4-3-5-16(14)23)21-19(24)20(27-12-28-21)26-8-13-6-7-29(10-17(13)31)11-18(25)32;1-2-12-6-7-8(10)4-3-5-9(7)11/h3-5,12-13,17,31H,2,6-11H2,1H3,(H2,25,32)(H,26,27,28);3-5,12H,2,6H2,1H3/t13-,17+;/m1./s1. The molecule has 9 nitrogen and oxygen atoms in total. The Kier molecular flexibility index (Phi) is 14.7. The van der Waals surface area contributed by atoms with E-state index in [1.165, 1.54) is 6.33 Å². The minimum absolute atomic E-state index is 0.0606. The number of nitrogens with zero attached hydrogens (tertiary/aromatic N) is 4. The lowest BCUT2D eigenvalue weighted by Crippen LogP contribution is -2.48. The molecule has 0 spiro atoms. The Morgan fingerprint density at radius 1 is 1.07 bits per heavy atom. The number of aromatic nitrogens is 2. The molecule has 44 heavy (non-hydrogen) atoms. The van der Waals surface area contributed by atoms with Crippen LogP contribution >= 0.6 is 46.4 Å². The molecule has 1 fully saturated rings. The number of halogens is 5. The fourth-order valence-corrected chi connectivity index (χ4v) is 5.79. The van der Waals surface area contributed by atoms with Gasteiger partial charge in [0.05, 0.1) is 12.6 Å². The smallest absolute Gasteiger partial charge is 0.231 e. The minimum Gasteiger partial charge on any atom is -0.391 e. The summed E-state index contributed by atoms with van der Waals surface area (Å²) in [5.74, 6) is -0.925. The molecule has 1 aromatic heterocycles. The van der Waals surface area contributed by atoms with E-state index in [4.69, 9.17) is 52.1 Å². The predicted octanol–water partition coefficient (Wildman–Crippen LogP) is 5.63. The van der Waals surface area contributed by atoms with Gasteiger partial charge in [0.2, 0.25) is 11.7 Å². The molecule has 4 rings (SSSR count). The van der Waals surface area contributed by atoms with Crippen molar-refractivity contribution in [2.75, 3.05) is 49.5 Å². The fourth-order valence-electron chi connectivity index (χ4n) is 4.74. The zero-order chi connectivity index (χ0) is 32.2. The first-order chi connectivity index (χ1) is 21.0. The summed E-state index contributed by atoms with van der Waals surface area (Å²) < 4.78 is 15.3. The Morgan fingerprint density at radius 3 is 2.23 bits per heavy atom. The second kappa shape index (κ2) is 17.9. The lowest BCUT2D eigenvalue weighted by atomic mass is 9.94. The highest BCUT2D eigenvalue weighted by Crippen LogP contribution is 2.29. The number of likely N-dealkylation sites (tertiary alicyclic amines) is 1. The molecule has 0 bridgehead atoms. The number of anilines is 2. The average molecular weight is 689 g/mol. The van der Waals surface area contributed by atoms with Gasteiger partial charge in [0, 0.05) is 69.9 Å². The Labute approximate surface area is 277 Å². The van der Waals surface area contributed by atoms with E-state index in [0.29, 0.717) is 54.8 Å². The first kappa shape index (κ1) is 36.0. The Morgan fingerprint density at radius 2 is 1.68 bits per heavy atom. The van der Waals surface area contributed by atoms with Crippen LogP contribution in [0.25, 0.3) is 0 Å². The molecule has 14 heteroatoms. The number of aliphatic hydroxyl groups is 1. The van der Waals surface area contributed by atoms with Crippen molar-refractivity contribution in [3.63, 3.8) is 0 Å². The van der Waals surface area contributed by atoms with Crippen molar-refractivity contribution in [2.45, 2.75) is 39.5 Å². The molecule has 1 saturated heterocycles. The van der Waals surface area contributed by atoms with Crippen molar-refractivity contribution >= 4 is 63.9 Å². The summed E-state index contributed by atoms with van der Waals surface area (Å²) in [6, 6.07) is 10.8. The summed E-state index contributed by atoms with van der Waals surface area (Å²) in [6.07, 6.45) is 1.28. The van der Waals surface area contributed by atoms with Crippen LogP contribution in [0, 0.1) is 11.7 Å². The maximum atomic E-state index is 15.3. The molecule has 0 saturated carbocycles. The monoisotopic (exact) mass is 687 g/mol. The number of benzene rings is 2. The van der Waals surface area contributed by atoms with Gasteiger partial charge in [0.1, 0.15) is 6.33 Å². The highest BCUT2D eigenvalue weighted by atomic mass is 35.5. The van der Waals surface area contributed by atoms with E-state index in [1.807, 2.05) is 36.9 Å². The van der Waals surface area contributed by atoms with E-state index < -0.39 is 17.8 Å². The van der Waals surface area contributed by atoms with Crippen molar-refractivity contribution < 1.29 is 14.3 Å². The second-order valence-corrected chi connectivity index (χ2v) is 11.9. The first-order valence-electron chi connectivity index (χ1n) is 14.3. The van der Waals surface area contributed by atoms with Crippen molar-refractivity contribution in [3.05, 3.63) is 79.8 Å². The van der Waals surface area contributed by atoms with E-state index in [-0.39, 0.29) is 24.1 Å². The van der Waals surface area contributed by atoms with E-state index in [2.05, 4.69) is 20.6 Å².